The summed E-state index contributed by atoms with van der Waals surface area (Å²) in [4.78, 5) is 31.8. The van der Waals surface area contributed by atoms with E-state index >= 15 is 0 Å². The molecule has 2 aromatic carbocycles. The van der Waals surface area contributed by atoms with Gasteiger partial charge in [-0.05, 0) is 43.2 Å². The SMILES string of the molecule is COC(=O)C1=C(C)N=C2SCCCN2[C@H]1c1ccc(NC(=O)Nc2cccc(Cl)c2Cl)cc1. The molecule has 0 bridgehead atoms. The first-order valence-corrected chi connectivity index (χ1v) is 12.0. The number of allylic oxidation sites excluding steroid dienone is 1. The molecule has 1 saturated heterocycles. The van der Waals surface area contributed by atoms with Crippen LogP contribution in [0.4, 0.5) is 16.2 Å². The lowest BCUT2D eigenvalue weighted by Crippen LogP contribution is -2.42. The van der Waals surface area contributed by atoms with Gasteiger partial charge in [-0.3, -0.25) is 0 Å². The normalized spacial score (nSPS) is 17.8. The third-order valence-corrected chi connectivity index (χ3v) is 7.24. The zero-order valence-electron chi connectivity index (χ0n) is 18.0. The molecule has 2 aliphatic rings. The number of hydrogen-bond donors (Lipinski definition) is 2. The molecule has 0 aliphatic carbocycles. The van der Waals surface area contributed by atoms with Gasteiger partial charge in [0.2, 0.25) is 0 Å². The van der Waals surface area contributed by atoms with Crippen LogP contribution >= 0.6 is 35.0 Å². The van der Waals surface area contributed by atoms with E-state index in [1.54, 1.807) is 42.1 Å². The Balaban J connectivity index is 1.55. The number of ether oxygens (including phenoxy) is 1. The highest BCUT2D eigenvalue weighted by Crippen LogP contribution is 2.40. The number of methoxy groups -OCH3 is 1. The molecule has 2 amide bonds. The topological polar surface area (TPSA) is 83.0 Å². The number of anilines is 2. The number of carbonyl (C=O) groups excluding carboxylic acids is 2. The van der Waals surface area contributed by atoms with Crippen LogP contribution in [0.5, 0.6) is 0 Å². The van der Waals surface area contributed by atoms with Gasteiger partial charge in [0, 0.05) is 18.0 Å². The van der Waals surface area contributed by atoms with Crippen molar-refractivity contribution in [3.8, 4) is 0 Å². The molecule has 172 valence electrons. The van der Waals surface area contributed by atoms with Crippen LogP contribution in [0.1, 0.15) is 24.9 Å². The molecule has 1 fully saturated rings. The molecular formula is C23H22Cl2N4O3S. The van der Waals surface area contributed by atoms with Crippen molar-refractivity contribution in [1.29, 1.82) is 0 Å². The van der Waals surface area contributed by atoms with Crippen LogP contribution in [0.2, 0.25) is 10.0 Å². The van der Waals surface area contributed by atoms with Crippen LogP contribution < -0.4 is 10.6 Å². The number of esters is 1. The van der Waals surface area contributed by atoms with Gasteiger partial charge in [-0.2, -0.15) is 0 Å². The van der Waals surface area contributed by atoms with E-state index in [4.69, 9.17) is 27.9 Å². The fourth-order valence-electron chi connectivity index (χ4n) is 3.82. The summed E-state index contributed by atoms with van der Waals surface area (Å²) in [5.41, 5.74) is 3.10. The van der Waals surface area contributed by atoms with Crippen LogP contribution in [-0.4, -0.2) is 41.5 Å². The Bertz CT molecular complexity index is 1150. The molecule has 0 saturated carbocycles. The Morgan fingerprint density at radius 3 is 2.64 bits per heavy atom. The third-order valence-electron chi connectivity index (χ3n) is 5.35. The van der Waals surface area contributed by atoms with Crippen molar-refractivity contribution < 1.29 is 14.3 Å². The monoisotopic (exact) mass is 504 g/mol. The van der Waals surface area contributed by atoms with Crippen molar-refractivity contribution >= 4 is 63.5 Å². The maximum Gasteiger partial charge on any atom is 0.338 e. The number of carbonyl (C=O) groups is 2. The quantitative estimate of drug-likeness (QED) is 0.503. The minimum atomic E-state index is -0.447. The molecule has 0 aromatic heterocycles. The second-order valence-electron chi connectivity index (χ2n) is 7.49. The molecule has 2 aliphatic heterocycles. The smallest absolute Gasteiger partial charge is 0.338 e. The number of aliphatic imine (C=N–C) groups is 1. The average molecular weight is 505 g/mol. The summed E-state index contributed by atoms with van der Waals surface area (Å²) < 4.78 is 5.06. The van der Waals surface area contributed by atoms with Crippen molar-refractivity contribution in [1.82, 2.24) is 4.90 Å². The number of amides is 2. The summed E-state index contributed by atoms with van der Waals surface area (Å²) in [7, 11) is 1.38. The fourth-order valence-corrected chi connectivity index (χ4v) is 5.19. The Morgan fingerprint density at radius 1 is 1.15 bits per heavy atom. The number of hydrogen-bond acceptors (Lipinski definition) is 6. The summed E-state index contributed by atoms with van der Waals surface area (Å²) in [6.07, 6.45) is 1.000. The predicted octanol–water partition coefficient (Wildman–Crippen LogP) is 5.93. The first-order chi connectivity index (χ1) is 15.9. The van der Waals surface area contributed by atoms with Gasteiger partial charge in [0.1, 0.15) is 0 Å². The van der Waals surface area contributed by atoms with E-state index in [1.165, 1.54) is 7.11 Å². The molecule has 7 nitrogen and oxygen atoms in total. The zero-order chi connectivity index (χ0) is 23.5. The van der Waals surface area contributed by atoms with E-state index in [0.29, 0.717) is 27.7 Å². The van der Waals surface area contributed by atoms with Gasteiger partial charge in [0.15, 0.2) is 5.17 Å². The lowest BCUT2D eigenvalue weighted by molar-refractivity contribution is -0.136. The van der Waals surface area contributed by atoms with Crippen LogP contribution in [0.25, 0.3) is 0 Å². The number of benzene rings is 2. The molecule has 2 heterocycles. The van der Waals surface area contributed by atoms with Crippen molar-refractivity contribution in [2.75, 3.05) is 30.0 Å². The Kier molecular flexibility index (Phi) is 7.17. The molecule has 10 heteroatoms. The number of halogens is 2. The highest BCUT2D eigenvalue weighted by atomic mass is 35.5. The van der Waals surface area contributed by atoms with Gasteiger partial charge >= 0.3 is 12.0 Å². The minimum Gasteiger partial charge on any atom is -0.466 e. The van der Waals surface area contributed by atoms with E-state index in [1.807, 2.05) is 19.1 Å². The molecule has 0 radical (unpaired) electrons. The summed E-state index contributed by atoms with van der Waals surface area (Å²) in [5, 5.41) is 7.01. The van der Waals surface area contributed by atoms with E-state index in [2.05, 4.69) is 20.5 Å². The second-order valence-corrected chi connectivity index (χ2v) is 9.33. The standard InChI is InChI=1S/C23H22Cl2N4O3S/c1-13-18(21(30)32-2)20(29-11-4-12-33-23(29)26-13)14-7-9-15(10-8-14)27-22(31)28-17-6-3-5-16(24)19(17)25/h3,5-10,20H,4,11-12H2,1-2H3,(H2,27,28,31)/t20-/m0/s1. The van der Waals surface area contributed by atoms with Gasteiger partial charge in [-0.1, -0.05) is 53.2 Å². The van der Waals surface area contributed by atoms with E-state index in [9.17, 15) is 9.59 Å². The Labute approximate surface area is 206 Å². The van der Waals surface area contributed by atoms with Crippen molar-refractivity contribution in [2.24, 2.45) is 4.99 Å². The number of fused-ring (bicyclic) bond motifs is 1. The molecule has 33 heavy (non-hydrogen) atoms. The maximum atomic E-state index is 12.6. The second kappa shape index (κ2) is 10.1. The van der Waals surface area contributed by atoms with Crippen molar-refractivity contribution in [3.05, 3.63) is 69.3 Å². The van der Waals surface area contributed by atoms with Crippen LogP contribution in [-0.2, 0) is 9.53 Å². The first kappa shape index (κ1) is 23.5. The highest BCUT2D eigenvalue weighted by Gasteiger charge is 2.37. The predicted molar refractivity (Wildman–Crippen MR) is 134 cm³/mol. The van der Waals surface area contributed by atoms with Gasteiger partial charge in [-0.15, -0.1) is 0 Å². The molecule has 0 unspecified atom stereocenters. The summed E-state index contributed by atoms with van der Waals surface area (Å²) in [6.45, 7) is 2.63. The van der Waals surface area contributed by atoms with Crippen LogP contribution in [0.15, 0.2) is 58.7 Å². The average Bonchev–Trinajstić information content (AvgIpc) is 2.81. The summed E-state index contributed by atoms with van der Waals surface area (Å²) in [5.74, 6) is 0.605. The third kappa shape index (κ3) is 4.98. The number of amidine groups is 1. The van der Waals surface area contributed by atoms with E-state index in [-0.39, 0.29) is 11.1 Å². The van der Waals surface area contributed by atoms with Crippen LogP contribution in [0.3, 0.4) is 0 Å². The molecule has 2 aromatic rings. The van der Waals surface area contributed by atoms with Gasteiger partial charge in [-0.25, -0.2) is 14.6 Å². The number of thioether (sulfide) groups is 1. The Morgan fingerprint density at radius 2 is 1.91 bits per heavy atom. The van der Waals surface area contributed by atoms with Gasteiger partial charge in [0.05, 0.1) is 40.2 Å². The minimum absolute atomic E-state index is 0.274. The summed E-state index contributed by atoms with van der Waals surface area (Å²) >= 11 is 13.8. The maximum absolute atomic E-state index is 12.6. The number of rotatable bonds is 4. The zero-order valence-corrected chi connectivity index (χ0v) is 20.4. The van der Waals surface area contributed by atoms with Crippen molar-refractivity contribution in [3.63, 3.8) is 0 Å². The Hall–Kier alpha value is -2.68. The molecular weight excluding hydrogens is 483 g/mol. The van der Waals surface area contributed by atoms with E-state index in [0.717, 1.165) is 29.4 Å². The lowest BCUT2D eigenvalue weighted by Gasteiger charge is -2.40. The molecule has 2 N–H and O–H groups in total. The summed E-state index contributed by atoms with van der Waals surface area (Å²) in [6, 6.07) is 11.6. The molecule has 4 rings (SSSR count). The number of urea groups is 1. The first-order valence-electron chi connectivity index (χ1n) is 10.3. The van der Waals surface area contributed by atoms with Gasteiger partial charge in [0.25, 0.3) is 0 Å². The highest BCUT2D eigenvalue weighted by molar-refractivity contribution is 8.13. The fraction of sp³-hybridized carbons (Fsp3) is 0.261. The van der Waals surface area contributed by atoms with Crippen LogP contribution in [0, 0.1) is 0 Å². The van der Waals surface area contributed by atoms with E-state index < -0.39 is 12.0 Å². The van der Waals surface area contributed by atoms with Crippen molar-refractivity contribution in [2.45, 2.75) is 19.4 Å². The number of nitrogens with zero attached hydrogens (tertiary/aromatic N) is 2. The largest absolute Gasteiger partial charge is 0.466 e. The number of nitrogens with one attached hydrogen (secondary N) is 2. The van der Waals surface area contributed by atoms with Gasteiger partial charge < -0.3 is 20.3 Å². The lowest BCUT2D eigenvalue weighted by atomic mass is 9.94. The molecule has 1 atom stereocenters. The molecule has 0 spiro atoms.